The molecule has 2 aromatic carbocycles. The number of nitrogens with one attached hydrogen (secondary N) is 4. The summed E-state index contributed by atoms with van der Waals surface area (Å²) in [6, 6.07) is 12.8. The number of hydrogen-bond acceptors (Lipinski definition) is 4. The van der Waals surface area contributed by atoms with Gasteiger partial charge in [-0.15, -0.1) is 18.5 Å². The maximum atomic E-state index is 3.99. The molecule has 0 amide bonds. The molecule has 6 aliphatic rings. The Balaban J connectivity index is 0.000000609. The van der Waals surface area contributed by atoms with Crippen LogP contribution in [0, 0.1) is 23.7 Å². The van der Waals surface area contributed by atoms with E-state index in [9.17, 15) is 0 Å². The van der Waals surface area contributed by atoms with Gasteiger partial charge in [0.05, 0.1) is 20.4 Å². The predicted molar refractivity (Wildman–Crippen MR) is 204 cm³/mol. The Hall–Kier alpha value is 0.353. The van der Waals surface area contributed by atoms with Gasteiger partial charge in [-0.25, -0.2) is 18.2 Å². The Bertz CT molecular complexity index is 1190. The molecule has 4 saturated carbocycles. The maximum Gasteiger partial charge on any atom is 2.00 e. The SMILES string of the molecule is C[Si](C)(C)c1cc(C(P)(C2NCCCN2)C2NCCCN2)c(C23CC4CC(CC(C4)C2CP)C3)[c-]1[Si](C)(C)C.[Fe+2].c1cc[cH-]c1. The van der Waals surface area contributed by atoms with E-state index in [1.807, 2.05) is 41.1 Å². The van der Waals surface area contributed by atoms with E-state index in [4.69, 9.17) is 0 Å². The zero-order valence-electron chi connectivity index (χ0n) is 28.9. The third-order valence-electron chi connectivity index (χ3n) is 12.0. The van der Waals surface area contributed by atoms with Gasteiger partial charge in [-0.2, -0.15) is 39.7 Å². The van der Waals surface area contributed by atoms with E-state index >= 15 is 0 Å². The third-order valence-corrected chi connectivity index (χ3v) is 17.8. The fourth-order valence-electron chi connectivity index (χ4n) is 10.5. The minimum absolute atomic E-state index is 0. The van der Waals surface area contributed by atoms with Gasteiger partial charge < -0.3 is 21.3 Å². The van der Waals surface area contributed by atoms with Crippen LogP contribution in [0.2, 0.25) is 39.3 Å². The van der Waals surface area contributed by atoms with Crippen LogP contribution in [-0.4, -0.2) is 60.8 Å². The molecule has 6 fully saturated rings. The van der Waals surface area contributed by atoms with E-state index in [1.165, 1.54) is 51.1 Å². The zero-order valence-corrected chi connectivity index (χ0v) is 34.3. The summed E-state index contributed by atoms with van der Waals surface area (Å²) in [7, 11) is 3.54. The van der Waals surface area contributed by atoms with Crippen LogP contribution >= 0.6 is 18.5 Å². The van der Waals surface area contributed by atoms with Gasteiger partial charge in [0.1, 0.15) is 0 Å². The van der Waals surface area contributed by atoms with Crippen LogP contribution in [0.15, 0.2) is 36.4 Å². The molecule has 0 aromatic heterocycles. The second-order valence-corrected chi connectivity index (χ2v) is 28.6. The minimum Gasteiger partial charge on any atom is -0.302 e. The van der Waals surface area contributed by atoms with Crippen LogP contribution in [0.1, 0.15) is 56.1 Å². The number of rotatable bonds is 7. The van der Waals surface area contributed by atoms with E-state index in [2.05, 4.69) is 85.1 Å². The first kappa shape index (κ1) is 36.6. The third kappa shape index (κ3) is 6.90. The Morgan fingerprint density at radius 3 is 1.78 bits per heavy atom. The van der Waals surface area contributed by atoms with Crippen molar-refractivity contribution in [2.45, 2.75) is 107 Å². The van der Waals surface area contributed by atoms with Crippen molar-refractivity contribution in [3.05, 3.63) is 47.5 Å². The van der Waals surface area contributed by atoms with Gasteiger partial charge in [0.2, 0.25) is 0 Å². The van der Waals surface area contributed by atoms with Crippen molar-refractivity contribution in [1.29, 1.82) is 0 Å². The molecule has 0 radical (unpaired) electrons. The van der Waals surface area contributed by atoms with E-state index in [0.29, 0.717) is 5.41 Å². The summed E-state index contributed by atoms with van der Waals surface area (Å²) in [6.07, 6.45) is 11.6. The molecule has 0 spiro atoms. The summed E-state index contributed by atoms with van der Waals surface area (Å²) in [5, 5.41) is 19.5. The smallest absolute Gasteiger partial charge is 0.302 e. The quantitative estimate of drug-likeness (QED) is 0.177. The van der Waals surface area contributed by atoms with E-state index in [0.717, 1.165) is 49.9 Å². The van der Waals surface area contributed by atoms with Gasteiger partial charge in [-0.1, -0.05) is 39.3 Å². The number of hydrogen-bond donors (Lipinski definition) is 4. The fraction of sp³-hybridized carbons (Fsp3) is 0.722. The molecule has 4 N–H and O–H groups in total. The van der Waals surface area contributed by atoms with Crippen LogP contribution in [0.3, 0.4) is 0 Å². The molecule has 2 heterocycles. The normalized spacial score (nSPS) is 30.9. The molecule has 2 aliphatic heterocycles. The Morgan fingerprint density at radius 2 is 1.38 bits per heavy atom. The van der Waals surface area contributed by atoms with Crippen molar-refractivity contribution in [2.24, 2.45) is 23.7 Å². The van der Waals surface area contributed by atoms with Crippen LogP contribution in [-0.2, 0) is 27.6 Å². The summed E-state index contributed by atoms with van der Waals surface area (Å²) in [4.78, 5) is 0. The standard InChI is InChI=1S/C31H57N4P2Si2.C5H5.Fe/c1-38(2,3)25-16-23(31(37,28-32-9-7-10-33-28)29-34-11-8-12-35-29)26(27(25)39(4,5)6)30-17-20-13-21(18-30)15-22(14-20)24(30)19-36;1-2-4-5-3-1;/h16,20-22,24,28-29,32-35H,7-15,17-19,36-37H2,1-6H3;1-5H;/q2*-1;+2. The zero-order chi connectivity index (χ0) is 31.3. The van der Waals surface area contributed by atoms with Crippen molar-refractivity contribution >= 4 is 45.0 Å². The van der Waals surface area contributed by atoms with Crippen LogP contribution in [0.5, 0.6) is 0 Å². The molecule has 8 rings (SSSR count). The monoisotopic (exact) mass is 724 g/mol. The predicted octanol–water partition coefficient (Wildman–Crippen LogP) is 5.36. The Labute approximate surface area is 292 Å². The summed E-state index contributed by atoms with van der Waals surface area (Å²) >= 11 is 0. The van der Waals surface area contributed by atoms with Gasteiger partial charge in [0.25, 0.3) is 0 Å². The molecule has 4 nitrogen and oxygen atoms in total. The van der Waals surface area contributed by atoms with E-state index in [1.54, 1.807) is 10.8 Å². The van der Waals surface area contributed by atoms with Crippen LogP contribution in [0.25, 0.3) is 0 Å². The van der Waals surface area contributed by atoms with Crippen LogP contribution in [0.4, 0.5) is 0 Å². The average Bonchev–Trinajstić information content (AvgIpc) is 3.70. The minimum atomic E-state index is -1.65. The summed E-state index contributed by atoms with van der Waals surface area (Å²) in [5.74, 6) is 3.63. The van der Waals surface area contributed by atoms with Crippen molar-refractivity contribution in [3.8, 4) is 0 Å². The van der Waals surface area contributed by atoms with Crippen LogP contribution < -0.4 is 31.6 Å². The van der Waals surface area contributed by atoms with Gasteiger partial charge in [0.15, 0.2) is 0 Å². The molecule has 5 unspecified atom stereocenters. The van der Waals surface area contributed by atoms with Crippen molar-refractivity contribution in [2.75, 3.05) is 32.3 Å². The van der Waals surface area contributed by atoms with Gasteiger partial charge >= 0.3 is 17.1 Å². The fourth-order valence-corrected chi connectivity index (χ4v) is 17.8. The molecule has 2 saturated heterocycles. The van der Waals surface area contributed by atoms with Crippen molar-refractivity contribution < 1.29 is 17.1 Å². The molecule has 2 aromatic rings. The van der Waals surface area contributed by atoms with Gasteiger partial charge in [0, 0.05) is 13.2 Å². The molecule has 5 atom stereocenters. The summed E-state index contributed by atoms with van der Waals surface area (Å²) in [6.45, 7) is 20.2. The first-order chi connectivity index (χ1) is 20.9. The Kier molecular flexibility index (Phi) is 11.6. The molecule has 4 bridgehead atoms. The average molecular weight is 725 g/mol. The first-order valence-corrected chi connectivity index (χ1v) is 26.2. The van der Waals surface area contributed by atoms with E-state index in [-0.39, 0.29) is 34.6 Å². The molecular formula is C36H62FeN4P2Si2. The molecule has 4 aliphatic carbocycles. The molecule has 9 heteroatoms. The van der Waals surface area contributed by atoms with E-state index < -0.39 is 16.1 Å². The molecule has 45 heavy (non-hydrogen) atoms. The van der Waals surface area contributed by atoms with Crippen molar-refractivity contribution in [3.63, 3.8) is 0 Å². The van der Waals surface area contributed by atoms with Crippen molar-refractivity contribution in [1.82, 2.24) is 21.3 Å². The molecular weight excluding hydrogens is 662 g/mol. The van der Waals surface area contributed by atoms with Gasteiger partial charge in [-0.3, -0.25) is 0 Å². The summed E-state index contributed by atoms with van der Waals surface area (Å²) < 4.78 is 0. The second-order valence-electron chi connectivity index (χ2n) is 17.1. The molecule has 252 valence electrons. The van der Waals surface area contributed by atoms with Gasteiger partial charge in [-0.05, 0) is 106 Å². The Morgan fingerprint density at radius 1 is 0.867 bits per heavy atom. The first-order valence-electron chi connectivity index (χ1n) is 17.8. The largest absolute Gasteiger partial charge is 2.00 e. The summed E-state index contributed by atoms with van der Waals surface area (Å²) in [5.41, 5.74) is 3.92. The topological polar surface area (TPSA) is 48.1 Å². The maximum absolute atomic E-state index is 3.99. The second kappa shape index (κ2) is 14.3.